The Labute approximate surface area is 103 Å². The van der Waals surface area contributed by atoms with E-state index in [9.17, 15) is 0 Å². The summed E-state index contributed by atoms with van der Waals surface area (Å²) in [7, 11) is 1.91. The van der Waals surface area contributed by atoms with Crippen molar-refractivity contribution < 1.29 is 9.47 Å². The van der Waals surface area contributed by atoms with Crippen LogP contribution in [0.2, 0.25) is 0 Å². The average molecular weight is 235 g/mol. The molecule has 94 valence electrons. The summed E-state index contributed by atoms with van der Waals surface area (Å²) in [6.07, 6.45) is 5.24. The highest BCUT2D eigenvalue weighted by Gasteiger charge is 2.18. The summed E-state index contributed by atoms with van der Waals surface area (Å²) in [4.78, 5) is 0. The summed E-state index contributed by atoms with van der Waals surface area (Å²) in [5, 5.41) is 3.13. The van der Waals surface area contributed by atoms with Crippen LogP contribution in [-0.4, -0.2) is 19.8 Å². The van der Waals surface area contributed by atoms with Crippen LogP contribution in [0.4, 0.5) is 5.69 Å². The summed E-state index contributed by atoms with van der Waals surface area (Å²) in [5.74, 6) is 1.71. The lowest BCUT2D eigenvalue weighted by molar-refractivity contribution is 0.197. The van der Waals surface area contributed by atoms with Gasteiger partial charge in [-0.2, -0.15) is 0 Å². The Balaban J connectivity index is 2.14. The fourth-order valence-corrected chi connectivity index (χ4v) is 2.22. The van der Waals surface area contributed by atoms with E-state index in [0.29, 0.717) is 12.7 Å². The second-order valence-electron chi connectivity index (χ2n) is 4.37. The second-order valence-corrected chi connectivity index (χ2v) is 4.37. The minimum absolute atomic E-state index is 0.362. The van der Waals surface area contributed by atoms with Crippen molar-refractivity contribution in [2.45, 2.75) is 38.7 Å². The largest absolute Gasteiger partial charge is 0.490 e. The smallest absolute Gasteiger partial charge is 0.163 e. The third kappa shape index (κ3) is 3.05. The van der Waals surface area contributed by atoms with Gasteiger partial charge in [-0.25, -0.2) is 0 Å². The van der Waals surface area contributed by atoms with Crippen molar-refractivity contribution in [2.75, 3.05) is 19.0 Å². The molecule has 1 aromatic rings. The van der Waals surface area contributed by atoms with Crippen LogP contribution in [0.5, 0.6) is 11.5 Å². The van der Waals surface area contributed by atoms with Gasteiger partial charge in [0.05, 0.1) is 12.7 Å². The molecule has 0 aliphatic heterocycles. The first-order valence-corrected chi connectivity index (χ1v) is 6.44. The maximum absolute atomic E-state index is 6.04. The van der Waals surface area contributed by atoms with Crippen LogP contribution in [0.25, 0.3) is 0 Å². The molecule has 2 rings (SSSR count). The normalized spacial score (nSPS) is 15.9. The molecule has 1 saturated carbocycles. The van der Waals surface area contributed by atoms with Gasteiger partial charge >= 0.3 is 0 Å². The lowest BCUT2D eigenvalue weighted by atomic mass is 10.2. The second kappa shape index (κ2) is 5.80. The van der Waals surface area contributed by atoms with E-state index in [2.05, 4.69) is 5.32 Å². The molecule has 0 atom stereocenters. The number of hydrogen-bond donors (Lipinski definition) is 1. The van der Waals surface area contributed by atoms with Crippen molar-refractivity contribution in [3.63, 3.8) is 0 Å². The molecule has 0 radical (unpaired) electrons. The van der Waals surface area contributed by atoms with E-state index in [0.717, 1.165) is 30.0 Å². The van der Waals surface area contributed by atoms with E-state index in [-0.39, 0.29) is 0 Å². The average Bonchev–Trinajstić information content (AvgIpc) is 2.84. The fourth-order valence-electron chi connectivity index (χ4n) is 2.22. The molecular formula is C14H21NO2. The van der Waals surface area contributed by atoms with Gasteiger partial charge in [0.25, 0.3) is 0 Å². The molecule has 1 aliphatic rings. The fraction of sp³-hybridized carbons (Fsp3) is 0.571. The van der Waals surface area contributed by atoms with Crippen molar-refractivity contribution in [1.29, 1.82) is 0 Å². The Kier molecular flexibility index (Phi) is 4.13. The summed E-state index contributed by atoms with van der Waals surface area (Å²) >= 11 is 0. The number of anilines is 1. The highest BCUT2D eigenvalue weighted by atomic mass is 16.5. The van der Waals surface area contributed by atoms with Crippen LogP contribution in [0, 0.1) is 0 Å². The molecule has 0 aromatic heterocycles. The van der Waals surface area contributed by atoms with E-state index in [1.165, 1.54) is 12.8 Å². The Morgan fingerprint density at radius 3 is 2.65 bits per heavy atom. The van der Waals surface area contributed by atoms with Crippen LogP contribution in [0.1, 0.15) is 32.6 Å². The Hall–Kier alpha value is -1.38. The third-order valence-corrected chi connectivity index (χ3v) is 3.13. The zero-order valence-electron chi connectivity index (χ0n) is 10.7. The number of nitrogens with one attached hydrogen (secondary N) is 1. The lowest BCUT2D eigenvalue weighted by Crippen LogP contribution is -2.12. The molecule has 0 saturated heterocycles. The third-order valence-electron chi connectivity index (χ3n) is 3.13. The summed E-state index contributed by atoms with van der Waals surface area (Å²) in [5.41, 5.74) is 1.06. The van der Waals surface area contributed by atoms with Gasteiger partial charge in [-0.1, -0.05) is 0 Å². The maximum atomic E-state index is 6.04. The first-order chi connectivity index (χ1) is 8.33. The number of ether oxygens (including phenoxy) is 2. The molecule has 0 amide bonds. The van der Waals surface area contributed by atoms with E-state index >= 15 is 0 Å². The number of rotatable bonds is 5. The van der Waals surface area contributed by atoms with Gasteiger partial charge in [-0.15, -0.1) is 0 Å². The van der Waals surface area contributed by atoms with E-state index in [4.69, 9.17) is 9.47 Å². The molecule has 1 fully saturated rings. The van der Waals surface area contributed by atoms with Crippen molar-refractivity contribution in [3.8, 4) is 11.5 Å². The van der Waals surface area contributed by atoms with Gasteiger partial charge in [0.2, 0.25) is 0 Å². The van der Waals surface area contributed by atoms with Crippen molar-refractivity contribution in [1.82, 2.24) is 0 Å². The van der Waals surface area contributed by atoms with Crippen LogP contribution in [0.3, 0.4) is 0 Å². The molecule has 0 unspecified atom stereocenters. The maximum Gasteiger partial charge on any atom is 0.163 e. The quantitative estimate of drug-likeness (QED) is 0.848. The van der Waals surface area contributed by atoms with Gasteiger partial charge in [0, 0.05) is 18.8 Å². The Morgan fingerprint density at radius 2 is 2.00 bits per heavy atom. The minimum Gasteiger partial charge on any atom is -0.490 e. The van der Waals surface area contributed by atoms with Crippen LogP contribution >= 0.6 is 0 Å². The highest BCUT2D eigenvalue weighted by Crippen LogP contribution is 2.33. The van der Waals surface area contributed by atoms with Gasteiger partial charge in [0.15, 0.2) is 11.5 Å². The topological polar surface area (TPSA) is 30.5 Å². The SMILES string of the molecule is CCOc1ccc(NC)cc1OC1CCCC1. The molecule has 3 nitrogen and oxygen atoms in total. The first kappa shape index (κ1) is 12.1. The van der Waals surface area contributed by atoms with Crippen molar-refractivity contribution in [2.24, 2.45) is 0 Å². The molecule has 1 N–H and O–H groups in total. The summed E-state index contributed by atoms with van der Waals surface area (Å²) < 4.78 is 11.6. The van der Waals surface area contributed by atoms with Gasteiger partial charge in [-0.3, -0.25) is 0 Å². The molecule has 0 heterocycles. The molecule has 3 heteroatoms. The van der Waals surface area contributed by atoms with E-state index in [1.54, 1.807) is 0 Å². The monoisotopic (exact) mass is 235 g/mol. The van der Waals surface area contributed by atoms with Gasteiger partial charge in [0.1, 0.15) is 0 Å². The lowest BCUT2D eigenvalue weighted by Gasteiger charge is -2.17. The zero-order valence-corrected chi connectivity index (χ0v) is 10.7. The Bertz CT molecular complexity index is 359. The molecular weight excluding hydrogens is 214 g/mol. The minimum atomic E-state index is 0.362. The number of benzene rings is 1. The Morgan fingerprint density at radius 1 is 1.24 bits per heavy atom. The van der Waals surface area contributed by atoms with E-state index in [1.807, 2.05) is 32.2 Å². The predicted octanol–water partition coefficient (Wildman–Crippen LogP) is 3.45. The molecule has 1 aliphatic carbocycles. The summed E-state index contributed by atoms with van der Waals surface area (Å²) in [6.45, 7) is 2.66. The molecule has 1 aromatic carbocycles. The van der Waals surface area contributed by atoms with E-state index < -0.39 is 0 Å². The highest BCUT2D eigenvalue weighted by molar-refractivity contribution is 5.54. The van der Waals surface area contributed by atoms with Crippen LogP contribution < -0.4 is 14.8 Å². The number of hydrogen-bond acceptors (Lipinski definition) is 3. The van der Waals surface area contributed by atoms with Gasteiger partial charge in [-0.05, 0) is 44.7 Å². The van der Waals surface area contributed by atoms with Crippen molar-refractivity contribution in [3.05, 3.63) is 18.2 Å². The van der Waals surface area contributed by atoms with Crippen LogP contribution in [0.15, 0.2) is 18.2 Å². The predicted molar refractivity (Wildman–Crippen MR) is 70.0 cm³/mol. The molecule has 0 bridgehead atoms. The molecule has 0 spiro atoms. The van der Waals surface area contributed by atoms with Crippen molar-refractivity contribution >= 4 is 5.69 Å². The van der Waals surface area contributed by atoms with Crippen LogP contribution in [-0.2, 0) is 0 Å². The molecule has 17 heavy (non-hydrogen) atoms. The summed E-state index contributed by atoms with van der Waals surface area (Å²) in [6, 6.07) is 6.00. The standard InChI is InChI=1S/C14H21NO2/c1-3-16-13-9-8-11(15-2)10-14(13)17-12-6-4-5-7-12/h8-10,12,15H,3-7H2,1-2H3. The first-order valence-electron chi connectivity index (χ1n) is 6.44. The van der Waals surface area contributed by atoms with Gasteiger partial charge < -0.3 is 14.8 Å². The zero-order chi connectivity index (χ0) is 12.1.